The van der Waals surface area contributed by atoms with Crippen molar-refractivity contribution in [1.82, 2.24) is 10.6 Å². The second-order valence-electron chi connectivity index (χ2n) is 5.94. The predicted octanol–water partition coefficient (Wildman–Crippen LogP) is 2.65. The van der Waals surface area contributed by atoms with Gasteiger partial charge in [-0.25, -0.2) is 0 Å². The van der Waals surface area contributed by atoms with E-state index in [-0.39, 0.29) is 0 Å². The summed E-state index contributed by atoms with van der Waals surface area (Å²) < 4.78 is 0. The summed E-state index contributed by atoms with van der Waals surface area (Å²) in [7, 11) is 0. The summed E-state index contributed by atoms with van der Waals surface area (Å²) >= 11 is 0. The molecular formula is C14H30N2. The highest BCUT2D eigenvalue weighted by molar-refractivity contribution is 4.76. The molecule has 1 heterocycles. The zero-order valence-electron chi connectivity index (χ0n) is 11.6. The van der Waals surface area contributed by atoms with Crippen molar-refractivity contribution >= 4 is 0 Å². The Kier molecular flexibility index (Phi) is 6.37. The summed E-state index contributed by atoms with van der Waals surface area (Å²) in [5.74, 6) is 2.39. The van der Waals surface area contributed by atoms with E-state index in [4.69, 9.17) is 0 Å². The molecule has 0 aliphatic carbocycles. The van der Waals surface area contributed by atoms with Gasteiger partial charge < -0.3 is 10.6 Å². The summed E-state index contributed by atoms with van der Waals surface area (Å²) in [6, 6.07) is 0.745. The molecule has 0 saturated carbocycles. The highest BCUT2D eigenvalue weighted by Gasteiger charge is 2.19. The first kappa shape index (κ1) is 14.0. The summed E-state index contributed by atoms with van der Waals surface area (Å²) in [6.07, 6.45) is 3.96. The zero-order chi connectivity index (χ0) is 12.0. The van der Waals surface area contributed by atoms with Crippen molar-refractivity contribution in [2.24, 2.45) is 17.8 Å². The molecule has 2 nitrogen and oxygen atoms in total. The predicted molar refractivity (Wildman–Crippen MR) is 71.7 cm³/mol. The maximum Gasteiger partial charge on any atom is 0.00797 e. The van der Waals surface area contributed by atoms with E-state index in [0.717, 1.165) is 23.8 Å². The van der Waals surface area contributed by atoms with Gasteiger partial charge in [-0.2, -0.15) is 0 Å². The minimum atomic E-state index is 0.745. The molecule has 0 aromatic heterocycles. The van der Waals surface area contributed by atoms with Crippen molar-refractivity contribution in [1.29, 1.82) is 0 Å². The molecule has 1 aliphatic rings. The molecular weight excluding hydrogens is 196 g/mol. The second kappa shape index (κ2) is 7.29. The Morgan fingerprint density at radius 3 is 2.38 bits per heavy atom. The minimum Gasteiger partial charge on any atom is -0.317 e. The van der Waals surface area contributed by atoms with E-state index in [1.165, 1.54) is 38.9 Å². The monoisotopic (exact) mass is 226 g/mol. The molecule has 96 valence electrons. The fraction of sp³-hybridized carbons (Fsp3) is 1.00. The fourth-order valence-electron chi connectivity index (χ4n) is 2.77. The van der Waals surface area contributed by atoms with E-state index in [2.05, 4.69) is 38.3 Å². The van der Waals surface area contributed by atoms with Crippen LogP contribution in [0.2, 0.25) is 0 Å². The number of hydrogen-bond donors (Lipinski definition) is 2. The number of rotatable bonds is 5. The first-order chi connectivity index (χ1) is 7.61. The van der Waals surface area contributed by atoms with Crippen LogP contribution in [0.4, 0.5) is 0 Å². The number of hydrogen-bond acceptors (Lipinski definition) is 2. The van der Waals surface area contributed by atoms with E-state index in [1.54, 1.807) is 0 Å². The molecule has 16 heavy (non-hydrogen) atoms. The van der Waals surface area contributed by atoms with E-state index < -0.39 is 0 Å². The summed E-state index contributed by atoms with van der Waals surface area (Å²) in [4.78, 5) is 0. The molecule has 1 aliphatic heterocycles. The third-order valence-electron chi connectivity index (χ3n) is 3.93. The van der Waals surface area contributed by atoms with Crippen LogP contribution < -0.4 is 10.6 Å². The maximum absolute atomic E-state index is 3.78. The molecule has 1 fully saturated rings. The lowest BCUT2D eigenvalue weighted by molar-refractivity contribution is 0.261. The molecule has 0 bridgehead atoms. The standard InChI is InChI=1S/C14H30N2/c1-11(2)14(12(3)4)10-16-13-6-5-8-15-9-7-13/h11-16H,5-10H2,1-4H3. The van der Waals surface area contributed by atoms with Crippen molar-refractivity contribution in [3.63, 3.8) is 0 Å². The molecule has 1 unspecified atom stereocenters. The van der Waals surface area contributed by atoms with Crippen LogP contribution in [-0.2, 0) is 0 Å². The van der Waals surface area contributed by atoms with Crippen LogP contribution in [-0.4, -0.2) is 25.7 Å². The lowest BCUT2D eigenvalue weighted by Gasteiger charge is -2.27. The third kappa shape index (κ3) is 4.84. The lowest BCUT2D eigenvalue weighted by Crippen LogP contribution is -2.37. The minimum absolute atomic E-state index is 0.745. The summed E-state index contributed by atoms with van der Waals surface area (Å²) in [5.41, 5.74) is 0. The van der Waals surface area contributed by atoms with Gasteiger partial charge in [0.15, 0.2) is 0 Å². The second-order valence-corrected chi connectivity index (χ2v) is 5.94. The van der Waals surface area contributed by atoms with Crippen LogP contribution in [0.5, 0.6) is 0 Å². The van der Waals surface area contributed by atoms with E-state index in [1.807, 2.05) is 0 Å². The molecule has 2 heteroatoms. The molecule has 1 atom stereocenters. The Morgan fingerprint density at radius 1 is 1.06 bits per heavy atom. The van der Waals surface area contributed by atoms with Crippen LogP contribution in [0.15, 0.2) is 0 Å². The zero-order valence-corrected chi connectivity index (χ0v) is 11.6. The van der Waals surface area contributed by atoms with Crippen molar-refractivity contribution in [3.8, 4) is 0 Å². The van der Waals surface area contributed by atoms with Crippen LogP contribution in [0.1, 0.15) is 47.0 Å². The largest absolute Gasteiger partial charge is 0.317 e. The van der Waals surface area contributed by atoms with Gasteiger partial charge in [0.25, 0.3) is 0 Å². The molecule has 0 radical (unpaired) electrons. The average molecular weight is 226 g/mol. The van der Waals surface area contributed by atoms with Crippen molar-refractivity contribution in [3.05, 3.63) is 0 Å². The quantitative estimate of drug-likeness (QED) is 0.753. The summed E-state index contributed by atoms with van der Waals surface area (Å²) in [6.45, 7) is 13.0. The summed E-state index contributed by atoms with van der Waals surface area (Å²) in [5, 5.41) is 7.25. The fourth-order valence-corrected chi connectivity index (χ4v) is 2.77. The van der Waals surface area contributed by atoms with E-state index in [0.29, 0.717) is 0 Å². The van der Waals surface area contributed by atoms with Crippen LogP contribution in [0, 0.1) is 17.8 Å². The third-order valence-corrected chi connectivity index (χ3v) is 3.93. The Hall–Kier alpha value is -0.0800. The average Bonchev–Trinajstić information content (AvgIpc) is 2.45. The van der Waals surface area contributed by atoms with Crippen molar-refractivity contribution in [2.75, 3.05) is 19.6 Å². The molecule has 1 saturated heterocycles. The van der Waals surface area contributed by atoms with Gasteiger partial charge >= 0.3 is 0 Å². The van der Waals surface area contributed by atoms with E-state index in [9.17, 15) is 0 Å². The van der Waals surface area contributed by atoms with Gasteiger partial charge in [0.2, 0.25) is 0 Å². The van der Waals surface area contributed by atoms with Gasteiger partial charge in [0.05, 0.1) is 0 Å². The highest BCUT2D eigenvalue weighted by atomic mass is 14.9. The van der Waals surface area contributed by atoms with Gasteiger partial charge in [0.1, 0.15) is 0 Å². The Labute approximate surface area is 102 Å². The van der Waals surface area contributed by atoms with Gasteiger partial charge in [0, 0.05) is 6.04 Å². The van der Waals surface area contributed by atoms with E-state index >= 15 is 0 Å². The van der Waals surface area contributed by atoms with Crippen molar-refractivity contribution in [2.45, 2.75) is 53.0 Å². The Morgan fingerprint density at radius 2 is 1.75 bits per heavy atom. The molecule has 0 spiro atoms. The first-order valence-electron chi connectivity index (χ1n) is 7.05. The topological polar surface area (TPSA) is 24.1 Å². The van der Waals surface area contributed by atoms with Gasteiger partial charge in [-0.15, -0.1) is 0 Å². The van der Waals surface area contributed by atoms with Gasteiger partial charge in [-0.3, -0.25) is 0 Å². The molecule has 2 N–H and O–H groups in total. The maximum atomic E-state index is 3.78. The van der Waals surface area contributed by atoms with Gasteiger partial charge in [-0.1, -0.05) is 27.7 Å². The normalized spacial score (nSPS) is 23.1. The molecule has 0 aromatic carbocycles. The van der Waals surface area contributed by atoms with Gasteiger partial charge in [-0.05, 0) is 56.7 Å². The van der Waals surface area contributed by atoms with Crippen molar-refractivity contribution < 1.29 is 0 Å². The van der Waals surface area contributed by atoms with Crippen LogP contribution in [0.3, 0.4) is 0 Å². The molecule has 0 aromatic rings. The number of nitrogens with one attached hydrogen (secondary N) is 2. The Balaban J connectivity index is 2.30. The highest BCUT2D eigenvalue weighted by Crippen LogP contribution is 2.20. The Bertz CT molecular complexity index is 162. The van der Waals surface area contributed by atoms with Crippen LogP contribution >= 0.6 is 0 Å². The lowest BCUT2D eigenvalue weighted by atomic mass is 9.85. The smallest absolute Gasteiger partial charge is 0.00797 e. The molecule has 0 amide bonds. The SMILES string of the molecule is CC(C)C(CNC1CCCNCC1)C(C)C. The molecule has 1 rings (SSSR count). The van der Waals surface area contributed by atoms with Crippen LogP contribution in [0.25, 0.3) is 0 Å². The first-order valence-corrected chi connectivity index (χ1v) is 7.05.